The molecule has 2 aromatic heterocycles. The maximum Gasteiger partial charge on any atom is 0.159 e. The molecule has 5 heteroatoms. The van der Waals surface area contributed by atoms with E-state index in [4.69, 9.17) is 10.1 Å². The van der Waals surface area contributed by atoms with E-state index in [0.717, 1.165) is 39.5 Å². The van der Waals surface area contributed by atoms with Crippen molar-refractivity contribution in [2.45, 2.75) is 19.4 Å². The molecule has 1 atom stereocenters. The van der Waals surface area contributed by atoms with E-state index in [1.165, 1.54) is 12.1 Å². The summed E-state index contributed by atoms with van der Waals surface area (Å²) >= 11 is 0. The van der Waals surface area contributed by atoms with Gasteiger partial charge in [-0.25, -0.2) is 14.1 Å². The van der Waals surface area contributed by atoms with Crippen LogP contribution in [0, 0.1) is 12.7 Å². The summed E-state index contributed by atoms with van der Waals surface area (Å²) in [6, 6.07) is 20.8. The molecule has 29 heavy (non-hydrogen) atoms. The molecule has 142 valence electrons. The molecule has 0 spiro atoms. The molecule has 2 aromatic carbocycles. The Morgan fingerprint density at radius 1 is 0.897 bits per heavy atom. The number of hydrogen-bond donors (Lipinski definition) is 0. The number of nitrogens with zero attached hydrogens (tertiary/aromatic N) is 4. The Kier molecular flexibility index (Phi) is 4.28. The summed E-state index contributed by atoms with van der Waals surface area (Å²) in [6.45, 7) is 2.02. The zero-order valence-electron chi connectivity index (χ0n) is 16.0. The lowest BCUT2D eigenvalue weighted by atomic mass is 9.96. The van der Waals surface area contributed by atoms with Crippen LogP contribution in [0.1, 0.15) is 29.3 Å². The van der Waals surface area contributed by atoms with Gasteiger partial charge in [-0.05, 0) is 47.9 Å². The minimum absolute atomic E-state index is 0.00159. The third-order valence-electron chi connectivity index (χ3n) is 5.31. The topological polar surface area (TPSA) is 43.1 Å². The van der Waals surface area contributed by atoms with Crippen molar-refractivity contribution in [2.24, 2.45) is 4.99 Å². The summed E-state index contributed by atoms with van der Waals surface area (Å²) in [7, 11) is 0. The zero-order valence-corrected chi connectivity index (χ0v) is 16.0. The molecular formula is C24H19FN4. The highest BCUT2D eigenvalue weighted by Gasteiger charge is 2.29. The van der Waals surface area contributed by atoms with Crippen LogP contribution in [-0.2, 0) is 0 Å². The average molecular weight is 382 g/mol. The summed E-state index contributed by atoms with van der Waals surface area (Å²) in [5.74, 6) is 0.586. The fourth-order valence-corrected chi connectivity index (χ4v) is 3.91. The van der Waals surface area contributed by atoms with Gasteiger partial charge in [-0.15, -0.1) is 0 Å². The minimum atomic E-state index is -0.248. The van der Waals surface area contributed by atoms with E-state index in [1.54, 1.807) is 24.5 Å². The molecular weight excluding hydrogens is 363 g/mol. The lowest BCUT2D eigenvalue weighted by Gasteiger charge is -2.25. The second-order valence-electron chi connectivity index (χ2n) is 7.16. The van der Waals surface area contributed by atoms with Crippen LogP contribution in [0.2, 0.25) is 0 Å². The smallest absolute Gasteiger partial charge is 0.159 e. The van der Waals surface area contributed by atoms with Gasteiger partial charge in [0.05, 0.1) is 17.4 Å². The van der Waals surface area contributed by atoms with Crippen molar-refractivity contribution >= 4 is 11.5 Å². The van der Waals surface area contributed by atoms with Crippen molar-refractivity contribution < 1.29 is 4.39 Å². The van der Waals surface area contributed by atoms with E-state index in [0.29, 0.717) is 6.42 Å². The first-order valence-corrected chi connectivity index (χ1v) is 9.58. The van der Waals surface area contributed by atoms with Gasteiger partial charge in [0.25, 0.3) is 0 Å². The van der Waals surface area contributed by atoms with Gasteiger partial charge in [0.15, 0.2) is 5.82 Å². The van der Waals surface area contributed by atoms with Crippen molar-refractivity contribution in [1.82, 2.24) is 14.8 Å². The average Bonchev–Trinajstić information content (AvgIpc) is 3.10. The summed E-state index contributed by atoms with van der Waals surface area (Å²) in [6.07, 6.45) is 4.28. The number of halogens is 1. The predicted octanol–water partition coefficient (Wildman–Crippen LogP) is 5.51. The predicted molar refractivity (Wildman–Crippen MR) is 112 cm³/mol. The lowest BCUT2D eigenvalue weighted by molar-refractivity contribution is 0.529. The van der Waals surface area contributed by atoms with Crippen molar-refractivity contribution in [3.63, 3.8) is 0 Å². The van der Waals surface area contributed by atoms with E-state index >= 15 is 0 Å². The summed E-state index contributed by atoms with van der Waals surface area (Å²) in [5.41, 5.74) is 6.03. The summed E-state index contributed by atoms with van der Waals surface area (Å²) in [4.78, 5) is 9.15. The first-order chi connectivity index (χ1) is 14.2. The van der Waals surface area contributed by atoms with Crippen molar-refractivity contribution in [2.75, 3.05) is 0 Å². The van der Waals surface area contributed by atoms with Crippen LogP contribution in [0.5, 0.6) is 0 Å². The number of hydrogen-bond acceptors (Lipinski definition) is 3. The van der Waals surface area contributed by atoms with Crippen LogP contribution in [0.25, 0.3) is 11.1 Å². The maximum absolute atomic E-state index is 13.5. The molecule has 0 saturated heterocycles. The number of rotatable bonds is 3. The Balaban J connectivity index is 1.72. The number of pyridine rings is 1. The van der Waals surface area contributed by atoms with Crippen LogP contribution in [0.4, 0.5) is 10.2 Å². The maximum atomic E-state index is 13.5. The van der Waals surface area contributed by atoms with E-state index in [1.807, 2.05) is 41.9 Å². The van der Waals surface area contributed by atoms with Gasteiger partial charge in [-0.3, -0.25) is 4.98 Å². The highest BCUT2D eigenvalue weighted by molar-refractivity contribution is 6.04. The Bertz CT molecular complexity index is 1180. The molecule has 5 rings (SSSR count). The highest BCUT2D eigenvalue weighted by Crippen LogP contribution is 2.41. The Morgan fingerprint density at radius 3 is 2.34 bits per heavy atom. The normalized spacial score (nSPS) is 15.7. The van der Waals surface area contributed by atoms with E-state index < -0.39 is 0 Å². The molecule has 0 N–H and O–H groups in total. The molecule has 0 unspecified atom stereocenters. The molecule has 0 saturated carbocycles. The van der Waals surface area contributed by atoms with Gasteiger partial charge in [0.2, 0.25) is 0 Å². The molecule has 0 bridgehead atoms. The Hall–Kier alpha value is -3.60. The highest BCUT2D eigenvalue weighted by atomic mass is 19.1. The van der Waals surface area contributed by atoms with Crippen molar-refractivity contribution in [1.29, 1.82) is 0 Å². The number of aliphatic imine (C=N–C) groups is 1. The van der Waals surface area contributed by atoms with Gasteiger partial charge >= 0.3 is 0 Å². The lowest BCUT2D eigenvalue weighted by Crippen LogP contribution is -2.21. The quantitative estimate of drug-likeness (QED) is 0.469. The molecule has 4 nitrogen and oxygen atoms in total. The third-order valence-corrected chi connectivity index (χ3v) is 5.31. The van der Waals surface area contributed by atoms with Crippen LogP contribution in [0.15, 0.2) is 84.1 Å². The SMILES string of the molecule is Cc1nn2c(c1-c1ccccc1)N=C(c1ccc(F)cc1)C[C@H]2c1ccncc1. The minimum Gasteiger partial charge on any atom is -0.265 e. The molecule has 1 aliphatic rings. The fourth-order valence-electron chi connectivity index (χ4n) is 3.91. The van der Waals surface area contributed by atoms with Crippen LogP contribution >= 0.6 is 0 Å². The summed E-state index contributed by atoms with van der Waals surface area (Å²) < 4.78 is 15.5. The van der Waals surface area contributed by atoms with Gasteiger partial charge in [0.1, 0.15) is 5.82 Å². The summed E-state index contributed by atoms with van der Waals surface area (Å²) in [5, 5.41) is 4.86. The van der Waals surface area contributed by atoms with Crippen LogP contribution < -0.4 is 0 Å². The zero-order chi connectivity index (χ0) is 19.8. The van der Waals surface area contributed by atoms with Gasteiger partial charge < -0.3 is 0 Å². The molecule has 4 aromatic rings. The number of aromatic nitrogens is 3. The van der Waals surface area contributed by atoms with E-state index in [2.05, 4.69) is 17.1 Å². The number of aryl methyl sites for hydroxylation is 1. The van der Waals surface area contributed by atoms with Crippen molar-refractivity contribution in [3.8, 4) is 11.1 Å². The monoisotopic (exact) mass is 382 g/mol. The Labute approximate surface area is 168 Å². The van der Waals surface area contributed by atoms with Gasteiger partial charge in [0, 0.05) is 24.4 Å². The van der Waals surface area contributed by atoms with Crippen LogP contribution in [-0.4, -0.2) is 20.5 Å². The van der Waals surface area contributed by atoms with Gasteiger partial charge in [-0.2, -0.15) is 5.10 Å². The first-order valence-electron chi connectivity index (χ1n) is 9.58. The van der Waals surface area contributed by atoms with E-state index in [9.17, 15) is 4.39 Å². The third kappa shape index (κ3) is 3.14. The van der Waals surface area contributed by atoms with Crippen LogP contribution in [0.3, 0.4) is 0 Å². The molecule has 0 fully saturated rings. The van der Waals surface area contributed by atoms with Gasteiger partial charge in [-0.1, -0.05) is 42.5 Å². The first kappa shape index (κ1) is 17.5. The van der Waals surface area contributed by atoms with Crippen molar-refractivity contribution in [3.05, 3.63) is 102 Å². The molecule has 1 aliphatic heterocycles. The largest absolute Gasteiger partial charge is 0.265 e. The standard InChI is InChI=1S/C24H19FN4/c1-16-23(19-5-3-2-4-6-19)24-27-21(17-7-9-20(25)10-8-17)15-22(29(24)28-16)18-11-13-26-14-12-18/h2-14,22H,15H2,1H3/t22-/m0/s1. The number of benzene rings is 2. The fraction of sp³-hybridized carbons (Fsp3) is 0.125. The second-order valence-corrected chi connectivity index (χ2v) is 7.16. The molecule has 0 radical (unpaired) electrons. The number of fused-ring (bicyclic) bond motifs is 1. The Morgan fingerprint density at radius 2 is 1.62 bits per heavy atom. The molecule has 0 amide bonds. The second kappa shape index (κ2) is 7.09. The molecule has 3 heterocycles. The van der Waals surface area contributed by atoms with E-state index in [-0.39, 0.29) is 11.9 Å². The molecule has 0 aliphatic carbocycles.